The second-order valence-electron chi connectivity index (χ2n) is 10.6. The Balaban J connectivity index is 1.28. The van der Waals surface area contributed by atoms with Crippen LogP contribution in [0.1, 0.15) is 113 Å². The fourth-order valence-corrected chi connectivity index (χ4v) is 6.96. The lowest BCUT2D eigenvalue weighted by atomic mass is 9.53. The molecule has 30 heavy (non-hydrogen) atoms. The van der Waals surface area contributed by atoms with E-state index in [0.29, 0.717) is 0 Å². The fraction of sp³-hybridized carbons (Fsp3) is 0.833. The van der Waals surface area contributed by atoms with Gasteiger partial charge in [-0.3, -0.25) is 0 Å². The number of fused-ring (bicyclic) bond motifs is 5. The molecule has 0 N–H and O–H groups in total. The van der Waals surface area contributed by atoms with Gasteiger partial charge < -0.3 is 9.13 Å². The maximum atomic E-state index is 4.83. The molecule has 2 aliphatic heterocycles. The Morgan fingerprint density at radius 3 is 1.30 bits per heavy atom. The summed E-state index contributed by atoms with van der Waals surface area (Å²) in [7, 11) is 0. The second-order valence-corrected chi connectivity index (χ2v) is 10.6. The molecule has 2 bridgehead atoms. The van der Waals surface area contributed by atoms with E-state index in [9.17, 15) is 0 Å². The highest BCUT2D eigenvalue weighted by Gasteiger charge is 2.54. The van der Waals surface area contributed by atoms with Crippen molar-refractivity contribution < 1.29 is 0 Å². The zero-order valence-electron chi connectivity index (χ0n) is 18.4. The van der Waals surface area contributed by atoms with Crippen molar-refractivity contribution >= 4 is 0 Å². The SMILES string of the molecule is C1CCCn2c(nnc2C23CCC(c4nnc5n4CCCCCC5)(CC2)CC3)CC1. The molecule has 0 spiro atoms. The molecule has 3 fully saturated rings. The van der Waals surface area contributed by atoms with Crippen molar-refractivity contribution in [2.45, 2.75) is 127 Å². The molecule has 3 saturated carbocycles. The number of rotatable bonds is 2. The van der Waals surface area contributed by atoms with E-state index in [-0.39, 0.29) is 10.8 Å². The van der Waals surface area contributed by atoms with Crippen molar-refractivity contribution in [2.24, 2.45) is 0 Å². The van der Waals surface area contributed by atoms with Gasteiger partial charge in [-0.05, 0) is 64.2 Å². The minimum Gasteiger partial charge on any atom is -0.315 e. The van der Waals surface area contributed by atoms with Gasteiger partial charge in [0.2, 0.25) is 0 Å². The Kier molecular flexibility index (Phi) is 4.72. The normalized spacial score (nSPS) is 31.9. The van der Waals surface area contributed by atoms with Crippen LogP contribution in [0.2, 0.25) is 0 Å². The van der Waals surface area contributed by atoms with Gasteiger partial charge in [0, 0.05) is 36.8 Å². The molecule has 0 atom stereocenters. The molecule has 162 valence electrons. The van der Waals surface area contributed by atoms with Gasteiger partial charge >= 0.3 is 0 Å². The monoisotopic (exact) mass is 408 g/mol. The highest BCUT2D eigenvalue weighted by atomic mass is 15.3. The van der Waals surface area contributed by atoms with E-state index in [2.05, 4.69) is 19.3 Å². The third kappa shape index (κ3) is 2.96. The van der Waals surface area contributed by atoms with E-state index in [4.69, 9.17) is 10.2 Å². The summed E-state index contributed by atoms with van der Waals surface area (Å²) < 4.78 is 5.06. The summed E-state index contributed by atoms with van der Waals surface area (Å²) in [6, 6.07) is 0. The van der Waals surface area contributed by atoms with E-state index in [1.54, 1.807) is 0 Å². The Hall–Kier alpha value is -1.72. The first-order chi connectivity index (χ1) is 14.8. The molecule has 6 nitrogen and oxygen atoms in total. The van der Waals surface area contributed by atoms with Crippen LogP contribution in [0.25, 0.3) is 0 Å². The van der Waals surface area contributed by atoms with Gasteiger partial charge in [-0.25, -0.2) is 0 Å². The van der Waals surface area contributed by atoms with Crippen LogP contribution in [0.4, 0.5) is 0 Å². The molecule has 2 aromatic heterocycles. The van der Waals surface area contributed by atoms with Gasteiger partial charge in [0.1, 0.15) is 23.3 Å². The molecule has 4 heterocycles. The first-order valence-electron chi connectivity index (χ1n) is 12.6. The summed E-state index contributed by atoms with van der Waals surface area (Å²) in [5.74, 6) is 5.15. The van der Waals surface area contributed by atoms with Gasteiger partial charge in [0.05, 0.1) is 0 Å². The Morgan fingerprint density at radius 1 is 0.467 bits per heavy atom. The van der Waals surface area contributed by atoms with Crippen LogP contribution < -0.4 is 0 Å². The molecule has 0 radical (unpaired) electrons. The van der Waals surface area contributed by atoms with Crippen LogP contribution in [0.15, 0.2) is 0 Å². The topological polar surface area (TPSA) is 61.4 Å². The Bertz CT molecular complexity index is 810. The lowest BCUT2D eigenvalue weighted by molar-refractivity contribution is 0.0828. The molecule has 0 amide bonds. The molecule has 0 aromatic carbocycles. The maximum Gasteiger partial charge on any atom is 0.139 e. The molecule has 7 rings (SSSR count). The van der Waals surface area contributed by atoms with Crippen LogP contribution in [-0.2, 0) is 36.8 Å². The van der Waals surface area contributed by atoms with Crippen LogP contribution in [0, 0.1) is 0 Å². The van der Waals surface area contributed by atoms with Crippen LogP contribution >= 0.6 is 0 Å². The first-order valence-corrected chi connectivity index (χ1v) is 12.6. The molecular weight excluding hydrogens is 372 g/mol. The van der Waals surface area contributed by atoms with Crippen molar-refractivity contribution in [3.05, 3.63) is 23.3 Å². The third-order valence-electron chi connectivity index (χ3n) is 8.91. The summed E-state index contributed by atoms with van der Waals surface area (Å²) in [6.07, 6.45) is 20.2. The molecular formula is C24H36N6. The van der Waals surface area contributed by atoms with E-state index >= 15 is 0 Å². The standard InChI is InChI=1S/C24H36N6/c1-3-7-17-29-19(9-5-1)25-27-21(29)23-11-14-24(15-12-23,16-13-23)22-28-26-20-10-6-2-4-8-18-30(20)22/h1-18H2. The van der Waals surface area contributed by atoms with Gasteiger partial charge in [0.25, 0.3) is 0 Å². The molecule has 5 aliphatic rings. The predicted molar refractivity (Wildman–Crippen MR) is 115 cm³/mol. The lowest BCUT2D eigenvalue weighted by Gasteiger charge is -2.52. The Labute approximate surface area is 179 Å². The van der Waals surface area contributed by atoms with Crippen LogP contribution in [0.3, 0.4) is 0 Å². The zero-order chi connectivity index (χ0) is 20.0. The second kappa shape index (κ2) is 7.45. The third-order valence-corrected chi connectivity index (χ3v) is 8.91. The van der Waals surface area contributed by atoms with Crippen molar-refractivity contribution in [1.82, 2.24) is 29.5 Å². The summed E-state index contributed by atoms with van der Waals surface area (Å²) in [4.78, 5) is 0. The summed E-state index contributed by atoms with van der Waals surface area (Å²) in [6.45, 7) is 2.25. The van der Waals surface area contributed by atoms with Crippen molar-refractivity contribution in [3.8, 4) is 0 Å². The largest absolute Gasteiger partial charge is 0.315 e. The quantitative estimate of drug-likeness (QED) is 0.726. The predicted octanol–water partition coefficient (Wildman–Crippen LogP) is 4.65. The highest BCUT2D eigenvalue weighted by Crippen LogP contribution is 2.58. The van der Waals surface area contributed by atoms with Crippen molar-refractivity contribution in [1.29, 1.82) is 0 Å². The number of nitrogens with zero attached hydrogens (tertiary/aromatic N) is 6. The van der Waals surface area contributed by atoms with E-state index in [1.807, 2.05) is 0 Å². The zero-order valence-corrected chi connectivity index (χ0v) is 18.4. The van der Waals surface area contributed by atoms with E-state index in [1.165, 1.54) is 113 Å². The fourth-order valence-electron chi connectivity index (χ4n) is 6.96. The van der Waals surface area contributed by atoms with E-state index < -0.39 is 0 Å². The number of aryl methyl sites for hydroxylation is 2. The molecule has 0 unspecified atom stereocenters. The minimum absolute atomic E-state index is 0.255. The average molecular weight is 409 g/mol. The van der Waals surface area contributed by atoms with Crippen molar-refractivity contribution in [2.75, 3.05) is 0 Å². The highest BCUT2D eigenvalue weighted by molar-refractivity contribution is 5.24. The first kappa shape index (κ1) is 19.0. The number of aromatic nitrogens is 6. The molecule has 6 heteroatoms. The maximum absolute atomic E-state index is 4.83. The number of hydrogen-bond acceptors (Lipinski definition) is 4. The van der Waals surface area contributed by atoms with Gasteiger partial charge in [-0.1, -0.05) is 25.7 Å². The van der Waals surface area contributed by atoms with Crippen molar-refractivity contribution in [3.63, 3.8) is 0 Å². The van der Waals surface area contributed by atoms with E-state index in [0.717, 1.165) is 25.9 Å². The van der Waals surface area contributed by atoms with Crippen LogP contribution in [-0.4, -0.2) is 29.5 Å². The average Bonchev–Trinajstić information content (AvgIpc) is 3.33. The minimum atomic E-state index is 0.255. The summed E-state index contributed by atoms with van der Waals surface area (Å²) >= 11 is 0. The Morgan fingerprint density at radius 2 is 0.867 bits per heavy atom. The van der Waals surface area contributed by atoms with Gasteiger partial charge in [-0.2, -0.15) is 0 Å². The molecule has 3 aliphatic carbocycles. The smallest absolute Gasteiger partial charge is 0.139 e. The summed E-state index contributed by atoms with van der Waals surface area (Å²) in [5.41, 5.74) is 0.511. The summed E-state index contributed by atoms with van der Waals surface area (Å²) in [5, 5.41) is 19.0. The van der Waals surface area contributed by atoms with Crippen LogP contribution in [0.5, 0.6) is 0 Å². The van der Waals surface area contributed by atoms with Gasteiger partial charge in [0.15, 0.2) is 0 Å². The lowest BCUT2D eigenvalue weighted by Crippen LogP contribution is -2.49. The molecule has 0 saturated heterocycles. The molecule has 2 aromatic rings. The number of hydrogen-bond donors (Lipinski definition) is 0. The van der Waals surface area contributed by atoms with Gasteiger partial charge in [-0.15, -0.1) is 20.4 Å².